The van der Waals surface area contributed by atoms with Crippen LogP contribution < -0.4 is 5.73 Å². The van der Waals surface area contributed by atoms with E-state index in [-0.39, 0.29) is 30.5 Å². The van der Waals surface area contributed by atoms with Crippen molar-refractivity contribution in [2.24, 2.45) is 5.73 Å². The summed E-state index contributed by atoms with van der Waals surface area (Å²) in [6.07, 6.45) is 2.69. The second-order valence-corrected chi connectivity index (χ2v) is 3.85. The van der Waals surface area contributed by atoms with Gasteiger partial charge in [0.2, 0.25) is 0 Å². The van der Waals surface area contributed by atoms with E-state index in [1.54, 1.807) is 0 Å². The molecule has 2 aliphatic rings. The molecule has 2 rings (SSSR count). The summed E-state index contributed by atoms with van der Waals surface area (Å²) in [5.41, 5.74) is 5.67. The maximum absolute atomic E-state index is 11.7. The number of carbonyl (C=O) groups excluding carboxylic acids is 1. The van der Waals surface area contributed by atoms with Gasteiger partial charge in [-0.3, -0.25) is 4.79 Å². The summed E-state index contributed by atoms with van der Waals surface area (Å²) in [5.74, 6) is 0.144. The summed E-state index contributed by atoms with van der Waals surface area (Å²) in [6, 6.07) is 0.0524. The predicted molar refractivity (Wildman–Crippen MR) is 55.4 cm³/mol. The third kappa shape index (κ3) is 2.38. The highest BCUT2D eigenvalue weighted by molar-refractivity contribution is 5.85. The number of nitrogens with zero attached hydrogens (tertiary/aromatic N) is 1. The van der Waals surface area contributed by atoms with E-state index in [2.05, 4.69) is 0 Å². The zero-order chi connectivity index (χ0) is 9.26. The molecule has 0 spiro atoms. The predicted octanol–water partition coefficient (Wildman–Crippen LogP) is 0.147. The molecule has 82 valence electrons. The summed E-state index contributed by atoms with van der Waals surface area (Å²) in [4.78, 5) is 13.6. The van der Waals surface area contributed by atoms with E-state index in [1.165, 1.54) is 0 Å². The quantitative estimate of drug-likeness (QED) is 0.685. The average Bonchev–Trinajstić information content (AvgIpc) is 2.72. The second-order valence-electron chi connectivity index (χ2n) is 3.85. The number of hydrogen-bond donors (Lipinski definition) is 1. The van der Waals surface area contributed by atoms with Crippen LogP contribution in [0.3, 0.4) is 0 Å². The van der Waals surface area contributed by atoms with Crippen molar-refractivity contribution in [3.05, 3.63) is 0 Å². The van der Waals surface area contributed by atoms with E-state index >= 15 is 0 Å². The van der Waals surface area contributed by atoms with Gasteiger partial charge in [0.15, 0.2) is 0 Å². The Hall–Kier alpha value is -0.320. The van der Waals surface area contributed by atoms with Crippen LogP contribution in [-0.2, 0) is 9.53 Å². The Morgan fingerprint density at radius 3 is 2.50 bits per heavy atom. The molecule has 2 fully saturated rings. The topological polar surface area (TPSA) is 55.6 Å². The van der Waals surface area contributed by atoms with Crippen molar-refractivity contribution < 1.29 is 9.53 Å². The lowest BCUT2D eigenvalue weighted by molar-refractivity contribution is -0.139. The van der Waals surface area contributed by atoms with E-state index in [1.807, 2.05) is 4.90 Å². The van der Waals surface area contributed by atoms with E-state index in [0.29, 0.717) is 13.0 Å². The number of amides is 1. The first-order valence-electron chi connectivity index (χ1n) is 4.93. The van der Waals surface area contributed by atoms with Gasteiger partial charge in [-0.1, -0.05) is 0 Å². The number of hydrogen-bond acceptors (Lipinski definition) is 3. The van der Waals surface area contributed by atoms with Crippen LogP contribution in [0, 0.1) is 0 Å². The zero-order valence-corrected chi connectivity index (χ0v) is 8.96. The van der Waals surface area contributed by atoms with Crippen molar-refractivity contribution in [3.8, 4) is 0 Å². The van der Waals surface area contributed by atoms with Gasteiger partial charge < -0.3 is 15.4 Å². The van der Waals surface area contributed by atoms with Crippen LogP contribution in [0.4, 0.5) is 0 Å². The Morgan fingerprint density at radius 2 is 2.00 bits per heavy atom. The highest BCUT2D eigenvalue weighted by Gasteiger charge is 2.32. The Labute approximate surface area is 90.2 Å². The van der Waals surface area contributed by atoms with Crippen LogP contribution in [0.25, 0.3) is 0 Å². The van der Waals surface area contributed by atoms with Gasteiger partial charge in [-0.2, -0.15) is 0 Å². The molecule has 0 saturated carbocycles. The van der Waals surface area contributed by atoms with Crippen molar-refractivity contribution in [1.29, 1.82) is 0 Å². The third-order valence-electron chi connectivity index (χ3n) is 2.72. The summed E-state index contributed by atoms with van der Waals surface area (Å²) < 4.78 is 5.32. The Morgan fingerprint density at radius 1 is 1.36 bits per heavy atom. The first-order chi connectivity index (χ1) is 6.27. The highest BCUT2D eigenvalue weighted by Crippen LogP contribution is 2.17. The molecule has 5 heteroatoms. The monoisotopic (exact) mass is 220 g/mol. The van der Waals surface area contributed by atoms with Crippen LogP contribution >= 0.6 is 12.4 Å². The van der Waals surface area contributed by atoms with Gasteiger partial charge in [0.1, 0.15) is 6.10 Å². The first kappa shape index (κ1) is 11.8. The van der Waals surface area contributed by atoms with Crippen LogP contribution in [0.5, 0.6) is 0 Å². The largest absolute Gasteiger partial charge is 0.367 e. The Bertz CT molecular complexity index is 207. The maximum Gasteiger partial charge on any atom is 0.251 e. The molecular formula is C9H17ClN2O2. The molecule has 0 bridgehead atoms. The number of nitrogens with two attached hydrogens (primary N) is 1. The summed E-state index contributed by atoms with van der Waals surface area (Å²) in [5, 5.41) is 0. The minimum atomic E-state index is -0.256. The van der Waals surface area contributed by atoms with E-state index < -0.39 is 0 Å². The number of ether oxygens (including phenoxy) is 1. The molecule has 0 aromatic rings. The van der Waals surface area contributed by atoms with Gasteiger partial charge >= 0.3 is 0 Å². The minimum absolute atomic E-state index is 0. The lowest BCUT2D eigenvalue weighted by Crippen LogP contribution is -2.37. The number of halogens is 1. The lowest BCUT2D eigenvalue weighted by atomic mass is 10.2. The molecule has 2 heterocycles. The van der Waals surface area contributed by atoms with Crippen molar-refractivity contribution in [2.75, 3.05) is 19.7 Å². The molecule has 2 saturated heterocycles. The molecule has 0 aromatic carbocycles. The van der Waals surface area contributed by atoms with Crippen molar-refractivity contribution in [1.82, 2.24) is 4.90 Å². The Kier molecular flexibility index (Phi) is 4.16. The molecule has 4 nitrogen and oxygen atoms in total. The van der Waals surface area contributed by atoms with Crippen molar-refractivity contribution in [2.45, 2.75) is 31.4 Å². The highest BCUT2D eigenvalue weighted by atomic mass is 35.5. The molecule has 0 radical (unpaired) electrons. The number of likely N-dealkylation sites (tertiary alicyclic amines) is 1. The molecule has 0 aliphatic carbocycles. The third-order valence-corrected chi connectivity index (χ3v) is 2.72. The zero-order valence-electron chi connectivity index (χ0n) is 8.15. The van der Waals surface area contributed by atoms with Crippen molar-refractivity contribution in [3.63, 3.8) is 0 Å². The second kappa shape index (κ2) is 4.96. The number of rotatable bonds is 1. The van der Waals surface area contributed by atoms with Gasteiger partial charge in [0, 0.05) is 19.1 Å². The molecule has 14 heavy (non-hydrogen) atoms. The smallest absolute Gasteiger partial charge is 0.251 e. The lowest BCUT2D eigenvalue weighted by Gasteiger charge is -2.18. The number of carbonyl (C=O) groups is 1. The van der Waals surface area contributed by atoms with Crippen LogP contribution in [-0.4, -0.2) is 42.6 Å². The summed E-state index contributed by atoms with van der Waals surface area (Å²) >= 11 is 0. The molecule has 2 N–H and O–H groups in total. The standard InChI is InChI=1S/C9H16N2O2.ClH/c10-7-5-8(13-6-7)9(12)11-3-1-2-4-11;/h7-8H,1-6,10H2;1H/t7-,8-;/m1./s1. The molecular weight excluding hydrogens is 204 g/mol. The minimum Gasteiger partial charge on any atom is -0.367 e. The van der Waals surface area contributed by atoms with Crippen LogP contribution in [0.2, 0.25) is 0 Å². The first-order valence-corrected chi connectivity index (χ1v) is 4.93. The van der Waals surface area contributed by atoms with Gasteiger partial charge in [-0.25, -0.2) is 0 Å². The van der Waals surface area contributed by atoms with Gasteiger partial charge in [0.05, 0.1) is 6.61 Å². The maximum atomic E-state index is 11.7. The fraction of sp³-hybridized carbons (Fsp3) is 0.889. The van der Waals surface area contributed by atoms with E-state index in [9.17, 15) is 4.79 Å². The van der Waals surface area contributed by atoms with Gasteiger partial charge in [0.25, 0.3) is 5.91 Å². The van der Waals surface area contributed by atoms with Gasteiger partial charge in [-0.05, 0) is 19.3 Å². The molecule has 2 atom stereocenters. The molecule has 0 aromatic heterocycles. The van der Waals surface area contributed by atoms with Crippen molar-refractivity contribution >= 4 is 18.3 Å². The fourth-order valence-corrected chi connectivity index (χ4v) is 1.96. The Balaban J connectivity index is 0.000000980. The molecule has 2 aliphatic heterocycles. The average molecular weight is 221 g/mol. The molecule has 0 unspecified atom stereocenters. The van der Waals surface area contributed by atoms with E-state index in [4.69, 9.17) is 10.5 Å². The van der Waals surface area contributed by atoms with Crippen LogP contribution in [0.1, 0.15) is 19.3 Å². The van der Waals surface area contributed by atoms with Gasteiger partial charge in [-0.15, -0.1) is 12.4 Å². The normalized spacial score (nSPS) is 31.6. The van der Waals surface area contributed by atoms with E-state index in [0.717, 1.165) is 25.9 Å². The SMILES string of the molecule is Cl.N[C@H]1CO[C@@H](C(=O)N2CCCC2)C1. The summed E-state index contributed by atoms with van der Waals surface area (Å²) in [6.45, 7) is 2.33. The molecule has 1 amide bonds. The van der Waals surface area contributed by atoms with Crippen LogP contribution in [0.15, 0.2) is 0 Å². The fourth-order valence-electron chi connectivity index (χ4n) is 1.96. The summed E-state index contributed by atoms with van der Waals surface area (Å²) in [7, 11) is 0.